The molecule has 0 saturated carbocycles. The lowest BCUT2D eigenvalue weighted by atomic mass is 10.0. The summed E-state index contributed by atoms with van der Waals surface area (Å²) in [5.41, 5.74) is 0. The van der Waals surface area contributed by atoms with Crippen LogP contribution in [-0.4, -0.2) is 79.1 Å². The zero-order valence-electron chi connectivity index (χ0n) is 12.4. The van der Waals surface area contributed by atoms with Gasteiger partial charge in [-0.3, -0.25) is 4.90 Å². The van der Waals surface area contributed by atoms with Gasteiger partial charge >= 0.3 is 6.03 Å². The summed E-state index contributed by atoms with van der Waals surface area (Å²) in [4.78, 5) is 19.1. The highest BCUT2D eigenvalue weighted by Gasteiger charge is 2.29. The molecule has 3 aliphatic heterocycles. The molecule has 1 radical (unpaired) electrons. The third-order valence-corrected chi connectivity index (χ3v) is 4.89. The average Bonchev–Trinajstić information content (AvgIpc) is 2.56. The van der Waals surface area contributed by atoms with E-state index in [1.807, 2.05) is 4.90 Å². The number of carbonyl (C=O) groups excluding carboxylic acids is 1. The van der Waals surface area contributed by atoms with Crippen LogP contribution in [0.25, 0.3) is 0 Å². The van der Waals surface area contributed by atoms with Crippen LogP contribution in [0.3, 0.4) is 0 Å². The van der Waals surface area contributed by atoms with Gasteiger partial charge in [0, 0.05) is 45.3 Å². The molecule has 0 unspecified atom stereocenters. The molecule has 0 aromatic rings. The third kappa shape index (κ3) is 3.26. The number of amides is 2. The molecule has 3 saturated heterocycles. The van der Waals surface area contributed by atoms with E-state index in [1.54, 1.807) is 0 Å². The van der Waals surface area contributed by atoms with Gasteiger partial charge in [0.25, 0.3) is 0 Å². The number of carbonyl (C=O) groups is 1. The number of hydrogen-bond donors (Lipinski definition) is 1. The third-order valence-electron chi connectivity index (χ3n) is 4.89. The number of urea groups is 1. The molecule has 113 valence electrons. The largest absolute Gasteiger partial charge is 0.325 e. The predicted molar refractivity (Wildman–Crippen MR) is 79.5 cm³/mol. The first-order valence-electron chi connectivity index (χ1n) is 8.15. The molecular formula is C15H27N4O. The van der Waals surface area contributed by atoms with E-state index in [4.69, 9.17) is 0 Å². The standard InChI is InChI=1S/C15H27N4O/c20-15(18-8-2-1-3-9-18)19-12-10-17(11-13-19)14-4-6-16-7-5-14/h1,14,16H,2-13H2. The molecule has 3 rings (SSSR count). The Morgan fingerprint density at radius 3 is 2.15 bits per heavy atom. The minimum atomic E-state index is 0.267. The van der Waals surface area contributed by atoms with E-state index < -0.39 is 0 Å². The molecule has 5 heteroatoms. The van der Waals surface area contributed by atoms with Gasteiger partial charge in [0.2, 0.25) is 0 Å². The van der Waals surface area contributed by atoms with Crippen molar-refractivity contribution in [2.24, 2.45) is 0 Å². The van der Waals surface area contributed by atoms with Gasteiger partial charge in [-0.15, -0.1) is 0 Å². The van der Waals surface area contributed by atoms with Crippen LogP contribution < -0.4 is 5.32 Å². The van der Waals surface area contributed by atoms with Gasteiger partial charge in [-0.1, -0.05) is 0 Å². The van der Waals surface area contributed by atoms with Crippen molar-refractivity contribution in [3.63, 3.8) is 0 Å². The Kier molecular flexibility index (Phi) is 4.78. The maximum atomic E-state index is 12.4. The zero-order chi connectivity index (χ0) is 13.8. The summed E-state index contributed by atoms with van der Waals surface area (Å²) < 4.78 is 0. The molecule has 3 aliphatic rings. The maximum Gasteiger partial charge on any atom is 0.320 e. The van der Waals surface area contributed by atoms with Crippen LogP contribution >= 0.6 is 0 Å². The quantitative estimate of drug-likeness (QED) is 0.771. The lowest BCUT2D eigenvalue weighted by Gasteiger charge is -2.42. The van der Waals surface area contributed by atoms with Crippen molar-refractivity contribution in [1.82, 2.24) is 20.0 Å². The number of likely N-dealkylation sites (tertiary alicyclic amines) is 1. The molecule has 3 fully saturated rings. The summed E-state index contributed by atoms with van der Waals surface area (Å²) in [6, 6.07) is 1.00. The molecule has 5 nitrogen and oxygen atoms in total. The molecule has 20 heavy (non-hydrogen) atoms. The average molecular weight is 279 g/mol. The number of piperidine rings is 2. The summed E-state index contributed by atoms with van der Waals surface area (Å²) in [5, 5.41) is 3.42. The molecule has 1 N–H and O–H groups in total. The van der Waals surface area contributed by atoms with Crippen molar-refractivity contribution in [1.29, 1.82) is 0 Å². The van der Waals surface area contributed by atoms with Crippen LogP contribution in [0.15, 0.2) is 0 Å². The molecular weight excluding hydrogens is 252 g/mol. The first kappa shape index (κ1) is 14.1. The topological polar surface area (TPSA) is 38.8 Å². The second-order valence-electron chi connectivity index (χ2n) is 6.14. The van der Waals surface area contributed by atoms with Gasteiger partial charge in [0.1, 0.15) is 0 Å². The predicted octanol–water partition coefficient (Wildman–Crippen LogP) is 0.776. The molecule has 0 aromatic carbocycles. The lowest BCUT2D eigenvalue weighted by molar-refractivity contribution is 0.0791. The van der Waals surface area contributed by atoms with Gasteiger partial charge in [-0.05, 0) is 45.2 Å². The second-order valence-corrected chi connectivity index (χ2v) is 6.14. The van der Waals surface area contributed by atoms with E-state index in [1.165, 1.54) is 12.8 Å². The Morgan fingerprint density at radius 1 is 0.900 bits per heavy atom. The Labute approximate surface area is 122 Å². The molecule has 0 spiro atoms. The number of nitrogens with zero attached hydrogens (tertiary/aromatic N) is 3. The van der Waals surface area contributed by atoms with E-state index >= 15 is 0 Å². The van der Waals surface area contributed by atoms with E-state index in [0.717, 1.165) is 71.2 Å². The normalized spacial score (nSPS) is 26.8. The van der Waals surface area contributed by atoms with Crippen LogP contribution in [0.5, 0.6) is 0 Å². The van der Waals surface area contributed by atoms with Crippen LogP contribution in [0.1, 0.15) is 25.7 Å². The minimum Gasteiger partial charge on any atom is -0.325 e. The number of hydrogen-bond acceptors (Lipinski definition) is 3. The SMILES string of the molecule is O=C(N1CC[CH]CC1)N1CCN(C2CCNCC2)CC1. The Hall–Kier alpha value is -0.810. The monoisotopic (exact) mass is 279 g/mol. The molecule has 3 heterocycles. The highest BCUT2D eigenvalue weighted by Crippen LogP contribution is 2.16. The van der Waals surface area contributed by atoms with Crippen molar-refractivity contribution in [2.75, 3.05) is 52.4 Å². The summed E-state index contributed by atoms with van der Waals surface area (Å²) in [5.74, 6) is 0. The molecule has 0 bridgehead atoms. The minimum absolute atomic E-state index is 0.267. The number of nitrogens with one attached hydrogen (secondary N) is 1. The van der Waals surface area contributed by atoms with Gasteiger partial charge in [-0.2, -0.15) is 0 Å². The van der Waals surface area contributed by atoms with Crippen LogP contribution in [-0.2, 0) is 0 Å². The van der Waals surface area contributed by atoms with Crippen LogP contribution in [0.2, 0.25) is 0 Å². The lowest BCUT2D eigenvalue weighted by Crippen LogP contribution is -2.56. The van der Waals surface area contributed by atoms with E-state index in [0.29, 0.717) is 0 Å². The van der Waals surface area contributed by atoms with E-state index in [9.17, 15) is 4.79 Å². The number of piperazine rings is 1. The van der Waals surface area contributed by atoms with Crippen molar-refractivity contribution in [3.8, 4) is 0 Å². The van der Waals surface area contributed by atoms with Gasteiger partial charge in [-0.25, -0.2) is 4.79 Å². The molecule has 0 aromatic heterocycles. The van der Waals surface area contributed by atoms with Crippen molar-refractivity contribution < 1.29 is 4.79 Å². The Bertz CT molecular complexity index is 316. The summed E-state index contributed by atoms with van der Waals surface area (Å²) in [6.45, 7) is 8.03. The highest BCUT2D eigenvalue weighted by atomic mass is 16.2. The molecule has 0 atom stereocenters. The summed E-state index contributed by atoms with van der Waals surface area (Å²) in [6.07, 6.45) is 6.92. The van der Waals surface area contributed by atoms with E-state index in [-0.39, 0.29) is 6.03 Å². The summed E-state index contributed by atoms with van der Waals surface area (Å²) in [7, 11) is 0. The fraction of sp³-hybridized carbons (Fsp3) is 0.867. The fourth-order valence-corrected chi connectivity index (χ4v) is 3.59. The smallest absolute Gasteiger partial charge is 0.320 e. The van der Waals surface area contributed by atoms with Gasteiger partial charge in [0.15, 0.2) is 0 Å². The maximum absolute atomic E-state index is 12.4. The fourth-order valence-electron chi connectivity index (χ4n) is 3.59. The highest BCUT2D eigenvalue weighted by molar-refractivity contribution is 5.74. The second kappa shape index (κ2) is 6.76. The van der Waals surface area contributed by atoms with Gasteiger partial charge in [0.05, 0.1) is 0 Å². The van der Waals surface area contributed by atoms with E-state index in [2.05, 4.69) is 21.5 Å². The zero-order valence-corrected chi connectivity index (χ0v) is 12.4. The summed E-state index contributed by atoms with van der Waals surface area (Å²) >= 11 is 0. The van der Waals surface area contributed by atoms with Crippen molar-refractivity contribution in [2.45, 2.75) is 31.7 Å². The van der Waals surface area contributed by atoms with Crippen LogP contribution in [0, 0.1) is 6.42 Å². The molecule has 2 amide bonds. The van der Waals surface area contributed by atoms with Crippen molar-refractivity contribution >= 4 is 6.03 Å². The number of rotatable bonds is 1. The Morgan fingerprint density at radius 2 is 1.50 bits per heavy atom. The van der Waals surface area contributed by atoms with Crippen LogP contribution in [0.4, 0.5) is 4.79 Å². The Balaban J connectivity index is 1.46. The molecule has 0 aliphatic carbocycles. The van der Waals surface area contributed by atoms with Gasteiger partial charge < -0.3 is 15.1 Å². The van der Waals surface area contributed by atoms with Crippen molar-refractivity contribution in [3.05, 3.63) is 6.42 Å². The first-order chi connectivity index (χ1) is 9.84. The first-order valence-corrected chi connectivity index (χ1v) is 8.15.